The lowest BCUT2D eigenvalue weighted by atomic mass is 9.81. The zero-order chi connectivity index (χ0) is 22.4. The topological polar surface area (TPSA) is 96.0 Å². The highest BCUT2D eigenvalue weighted by molar-refractivity contribution is 6.05. The Balaban J connectivity index is 1.57. The molecule has 0 spiro atoms. The molecule has 1 aromatic carbocycles. The summed E-state index contributed by atoms with van der Waals surface area (Å²) in [6.45, 7) is 2.33. The smallest absolute Gasteiger partial charge is 0.244 e. The van der Waals surface area contributed by atoms with Gasteiger partial charge in [-0.2, -0.15) is 0 Å². The zero-order valence-electron chi connectivity index (χ0n) is 18.3. The minimum Gasteiger partial charge on any atom is -0.495 e. The van der Waals surface area contributed by atoms with Crippen LogP contribution in [0, 0.1) is 11.8 Å². The van der Waals surface area contributed by atoms with Gasteiger partial charge in [0.25, 0.3) is 0 Å². The summed E-state index contributed by atoms with van der Waals surface area (Å²) in [5, 5.41) is 2.77. The molecule has 1 heterocycles. The largest absolute Gasteiger partial charge is 0.495 e. The van der Waals surface area contributed by atoms with Crippen LogP contribution in [0.4, 0.5) is 5.69 Å². The second kappa shape index (κ2) is 10.4. The Hall–Kier alpha value is -2.90. The molecule has 1 aromatic rings. The van der Waals surface area contributed by atoms with Crippen LogP contribution in [0.5, 0.6) is 5.75 Å². The van der Waals surface area contributed by atoms with Crippen LogP contribution in [0.15, 0.2) is 24.3 Å². The average molecular weight is 430 g/mol. The fourth-order valence-electron chi connectivity index (χ4n) is 4.49. The summed E-state index contributed by atoms with van der Waals surface area (Å²) < 4.78 is 5.24. The summed E-state index contributed by atoms with van der Waals surface area (Å²) >= 11 is 0. The number of likely N-dealkylation sites (tertiary alicyclic amines) is 1. The van der Waals surface area contributed by atoms with E-state index >= 15 is 0 Å². The van der Waals surface area contributed by atoms with Crippen molar-refractivity contribution in [3.05, 3.63) is 24.3 Å². The van der Waals surface area contributed by atoms with Gasteiger partial charge in [-0.3, -0.25) is 24.1 Å². The van der Waals surface area contributed by atoms with E-state index in [4.69, 9.17) is 4.74 Å². The molecule has 0 unspecified atom stereocenters. The van der Waals surface area contributed by atoms with E-state index in [2.05, 4.69) is 5.32 Å². The van der Waals surface area contributed by atoms with E-state index in [0.717, 1.165) is 25.7 Å². The highest BCUT2D eigenvalue weighted by atomic mass is 16.5. The fourth-order valence-corrected chi connectivity index (χ4v) is 4.49. The SMILES string of the molecule is CCCN(CC(=O)Nc1ccccc1OC)C(=O)CCN1C(=O)[C@@H]2CCCC[C@H]2C1=O. The number of amides is 4. The molecular weight excluding hydrogens is 398 g/mol. The number of anilines is 1. The third-order valence-corrected chi connectivity index (χ3v) is 6.04. The van der Waals surface area contributed by atoms with Crippen molar-refractivity contribution in [2.24, 2.45) is 11.8 Å². The number of imide groups is 1. The summed E-state index contributed by atoms with van der Waals surface area (Å²) in [6, 6.07) is 7.06. The quantitative estimate of drug-likeness (QED) is 0.608. The van der Waals surface area contributed by atoms with Crippen molar-refractivity contribution in [1.29, 1.82) is 0 Å². The number of para-hydroxylation sites is 2. The fraction of sp³-hybridized carbons (Fsp3) is 0.565. The van der Waals surface area contributed by atoms with Gasteiger partial charge in [0.2, 0.25) is 23.6 Å². The van der Waals surface area contributed by atoms with Crippen molar-refractivity contribution in [3.63, 3.8) is 0 Å². The van der Waals surface area contributed by atoms with Gasteiger partial charge in [0.1, 0.15) is 5.75 Å². The molecule has 8 heteroatoms. The molecular formula is C23H31N3O5. The second-order valence-electron chi connectivity index (χ2n) is 8.14. The molecule has 31 heavy (non-hydrogen) atoms. The lowest BCUT2D eigenvalue weighted by molar-refractivity contribution is -0.141. The lowest BCUT2D eigenvalue weighted by Gasteiger charge is -2.23. The molecule has 0 radical (unpaired) electrons. The van der Waals surface area contributed by atoms with Gasteiger partial charge in [-0.05, 0) is 31.4 Å². The lowest BCUT2D eigenvalue weighted by Crippen LogP contribution is -2.41. The number of carbonyl (C=O) groups is 4. The van der Waals surface area contributed by atoms with E-state index < -0.39 is 0 Å². The summed E-state index contributed by atoms with van der Waals surface area (Å²) in [5.74, 6) is -0.740. The molecule has 8 nitrogen and oxygen atoms in total. The summed E-state index contributed by atoms with van der Waals surface area (Å²) in [6.07, 6.45) is 4.17. The number of ether oxygens (including phenoxy) is 1. The molecule has 4 amide bonds. The van der Waals surface area contributed by atoms with E-state index in [9.17, 15) is 19.2 Å². The van der Waals surface area contributed by atoms with Crippen LogP contribution in [0.2, 0.25) is 0 Å². The first-order valence-corrected chi connectivity index (χ1v) is 11.0. The number of carbonyl (C=O) groups excluding carboxylic acids is 4. The number of benzene rings is 1. The Bertz CT molecular complexity index is 816. The van der Waals surface area contributed by atoms with Gasteiger partial charge < -0.3 is 15.0 Å². The first-order valence-electron chi connectivity index (χ1n) is 11.0. The summed E-state index contributed by atoms with van der Waals surface area (Å²) in [5.41, 5.74) is 0.537. The van der Waals surface area contributed by atoms with Crippen LogP contribution in [-0.2, 0) is 19.2 Å². The molecule has 1 aliphatic heterocycles. The van der Waals surface area contributed by atoms with Gasteiger partial charge in [-0.15, -0.1) is 0 Å². The van der Waals surface area contributed by atoms with Crippen LogP contribution in [0.25, 0.3) is 0 Å². The van der Waals surface area contributed by atoms with Crippen LogP contribution >= 0.6 is 0 Å². The summed E-state index contributed by atoms with van der Waals surface area (Å²) in [4.78, 5) is 53.3. The van der Waals surface area contributed by atoms with Crippen LogP contribution in [0.3, 0.4) is 0 Å². The number of methoxy groups -OCH3 is 1. The number of hydrogen-bond donors (Lipinski definition) is 1. The predicted molar refractivity (Wildman–Crippen MR) is 115 cm³/mol. The number of nitrogens with zero attached hydrogens (tertiary/aromatic N) is 2. The highest BCUT2D eigenvalue weighted by Crippen LogP contribution is 2.38. The van der Waals surface area contributed by atoms with Gasteiger partial charge in [0, 0.05) is 19.5 Å². The molecule has 1 saturated carbocycles. The van der Waals surface area contributed by atoms with Crippen molar-refractivity contribution < 1.29 is 23.9 Å². The Morgan fingerprint density at radius 1 is 1.13 bits per heavy atom. The van der Waals surface area contributed by atoms with Crippen molar-refractivity contribution in [3.8, 4) is 5.75 Å². The third-order valence-electron chi connectivity index (χ3n) is 6.04. The van der Waals surface area contributed by atoms with E-state index in [1.807, 2.05) is 6.92 Å². The second-order valence-corrected chi connectivity index (χ2v) is 8.14. The van der Waals surface area contributed by atoms with Crippen molar-refractivity contribution >= 4 is 29.3 Å². The van der Waals surface area contributed by atoms with Gasteiger partial charge in [0.15, 0.2) is 0 Å². The monoisotopic (exact) mass is 429 g/mol. The van der Waals surface area contributed by atoms with Crippen molar-refractivity contribution in [2.75, 3.05) is 32.1 Å². The maximum Gasteiger partial charge on any atom is 0.244 e. The number of rotatable bonds is 9. The van der Waals surface area contributed by atoms with Crippen LogP contribution in [-0.4, -0.2) is 60.2 Å². The zero-order valence-corrected chi connectivity index (χ0v) is 18.3. The van der Waals surface area contributed by atoms with E-state index in [1.54, 1.807) is 24.3 Å². The van der Waals surface area contributed by atoms with Gasteiger partial charge in [-0.1, -0.05) is 31.9 Å². The maximum absolute atomic E-state index is 12.8. The Morgan fingerprint density at radius 3 is 2.39 bits per heavy atom. The number of nitrogens with one attached hydrogen (secondary N) is 1. The highest BCUT2D eigenvalue weighted by Gasteiger charge is 2.47. The molecule has 1 aliphatic carbocycles. The minimum atomic E-state index is -0.328. The normalized spacial score (nSPS) is 20.4. The van der Waals surface area contributed by atoms with E-state index in [-0.39, 0.29) is 55.0 Å². The molecule has 0 aromatic heterocycles. The summed E-state index contributed by atoms with van der Waals surface area (Å²) in [7, 11) is 1.52. The van der Waals surface area contributed by atoms with E-state index in [0.29, 0.717) is 24.4 Å². The Kier molecular flexibility index (Phi) is 7.65. The Morgan fingerprint density at radius 2 is 1.77 bits per heavy atom. The standard InChI is InChI=1S/C23H31N3O5/c1-3-13-25(15-20(27)24-18-10-6-7-11-19(18)31-2)21(28)12-14-26-22(29)16-8-4-5-9-17(16)23(26)30/h6-7,10-11,16-17H,3-5,8-9,12-15H2,1-2H3,(H,24,27)/t16-,17-/m1/s1. The number of fused-ring (bicyclic) bond motifs is 1. The predicted octanol–water partition coefficient (Wildman–Crippen LogP) is 2.44. The molecule has 168 valence electrons. The van der Waals surface area contributed by atoms with Crippen LogP contribution < -0.4 is 10.1 Å². The van der Waals surface area contributed by atoms with E-state index in [1.165, 1.54) is 16.9 Å². The van der Waals surface area contributed by atoms with Gasteiger partial charge in [0.05, 0.1) is 31.2 Å². The molecule has 2 aliphatic rings. The Labute approximate surface area is 182 Å². The molecule has 1 N–H and O–H groups in total. The first-order chi connectivity index (χ1) is 15.0. The van der Waals surface area contributed by atoms with Crippen molar-refractivity contribution in [1.82, 2.24) is 9.80 Å². The third kappa shape index (κ3) is 5.24. The van der Waals surface area contributed by atoms with Crippen molar-refractivity contribution in [2.45, 2.75) is 45.4 Å². The van der Waals surface area contributed by atoms with Crippen LogP contribution in [0.1, 0.15) is 45.4 Å². The molecule has 3 rings (SSSR count). The molecule has 2 atom stereocenters. The number of hydrogen-bond acceptors (Lipinski definition) is 5. The average Bonchev–Trinajstić information content (AvgIpc) is 3.02. The van der Waals surface area contributed by atoms with Gasteiger partial charge >= 0.3 is 0 Å². The van der Waals surface area contributed by atoms with Gasteiger partial charge in [-0.25, -0.2) is 0 Å². The molecule has 1 saturated heterocycles. The molecule has 2 fully saturated rings. The molecule has 0 bridgehead atoms. The first kappa shape index (κ1) is 22.8. The minimum absolute atomic E-state index is 0.0266. The maximum atomic E-state index is 12.8.